The average Bonchev–Trinajstić information content (AvgIpc) is 2.75. The molecule has 0 fully saturated rings. The molecule has 2 aromatic rings. The van der Waals surface area contributed by atoms with Crippen LogP contribution in [0.3, 0.4) is 0 Å². The Morgan fingerprint density at radius 3 is 2.17 bits per heavy atom. The molecule has 0 unspecified atom stereocenters. The minimum atomic E-state index is -1.56. The van der Waals surface area contributed by atoms with Crippen LogP contribution in [0.2, 0.25) is 0 Å². The van der Waals surface area contributed by atoms with Crippen molar-refractivity contribution < 1.29 is 29.5 Å². The number of carbonyl (C=O) groups excluding carboxylic acids is 2. The van der Waals surface area contributed by atoms with Crippen molar-refractivity contribution >= 4 is 40.8 Å². The number of nitro groups is 1. The molecule has 0 radical (unpaired) electrons. The van der Waals surface area contributed by atoms with Gasteiger partial charge in [-0.2, -0.15) is 0 Å². The van der Waals surface area contributed by atoms with Crippen LogP contribution in [0.25, 0.3) is 0 Å². The molecule has 0 spiro atoms. The van der Waals surface area contributed by atoms with Gasteiger partial charge < -0.3 is 20.3 Å². The van der Waals surface area contributed by atoms with Crippen LogP contribution in [0, 0.1) is 10.1 Å². The van der Waals surface area contributed by atoms with Crippen molar-refractivity contribution in [3.8, 4) is 0 Å². The van der Waals surface area contributed by atoms with Crippen LogP contribution >= 0.6 is 23.2 Å². The zero-order valence-corrected chi connectivity index (χ0v) is 16.9. The number of nitrogens with zero attached hydrogens (tertiary/aromatic N) is 1. The van der Waals surface area contributed by atoms with Gasteiger partial charge in [0, 0.05) is 12.1 Å². The van der Waals surface area contributed by atoms with Gasteiger partial charge in [0.2, 0.25) is 0 Å². The Hall–Kier alpha value is -2.72. The summed E-state index contributed by atoms with van der Waals surface area (Å²) in [6, 6.07) is 11.8. The van der Waals surface area contributed by atoms with Crippen LogP contribution in [-0.4, -0.2) is 44.5 Å². The highest BCUT2D eigenvalue weighted by atomic mass is 35.5. The number of non-ortho nitro benzene ring substituents is 1. The van der Waals surface area contributed by atoms with Crippen molar-refractivity contribution in [2.45, 2.75) is 23.1 Å². The highest BCUT2D eigenvalue weighted by Gasteiger charge is 2.28. The first-order valence-corrected chi connectivity index (χ1v) is 9.48. The first-order valence-electron chi connectivity index (χ1n) is 8.61. The van der Waals surface area contributed by atoms with Crippen LogP contribution in [-0.2, 0) is 14.3 Å². The molecule has 0 aliphatic carbocycles. The van der Waals surface area contributed by atoms with Crippen LogP contribution in [0.4, 0.5) is 5.69 Å². The Kier molecular flexibility index (Phi) is 8.55. The molecule has 0 saturated carbocycles. The Bertz CT molecular complexity index is 878. The van der Waals surface area contributed by atoms with E-state index in [0.717, 1.165) is 0 Å². The summed E-state index contributed by atoms with van der Waals surface area (Å²) in [4.78, 5) is 32.7. The fourth-order valence-corrected chi connectivity index (χ4v) is 2.63. The topological polar surface area (TPSA) is 139 Å². The number of aliphatic hydroxyl groups is 2. The molecule has 1 amide bonds. The molecule has 0 aliphatic heterocycles. The Labute approximate surface area is 181 Å². The fraction of sp³-hybridized carbons (Fsp3) is 0.263. The zero-order chi connectivity index (χ0) is 22.3. The minimum absolute atomic E-state index is 0.189. The van der Waals surface area contributed by atoms with E-state index in [-0.39, 0.29) is 11.3 Å². The third kappa shape index (κ3) is 6.39. The summed E-state index contributed by atoms with van der Waals surface area (Å²) in [6.45, 7) is -0.521. The van der Waals surface area contributed by atoms with E-state index in [1.165, 1.54) is 36.4 Å². The van der Waals surface area contributed by atoms with Crippen LogP contribution in [0.5, 0.6) is 0 Å². The smallest absolute Gasteiger partial charge is 0.339 e. The second kappa shape index (κ2) is 10.9. The standard InChI is InChI=1S/C19H18Cl2N2O7/c20-17(21)18(26)22-14(15(24)12-6-8-13(9-7-12)23(28)29)10-30-19(27)16(25)11-4-2-1-3-5-11/h1-9,14-17,24-25H,10H2,(H,22,26)/t14-,15-,16-/m1/s1. The van der Waals surface area contributed by atoms with E-state index in [0.29, 0.717) is 5.56 Å². The molecule has 3 atom stereocenters. The first-order chi connectivity index (χ1) is 14.2. The van der Waals surface area contributed by atoms with Crippen molar-refractivity contribution in [3.05, 3.63) is 75.8 Å². The normalized spacial score (nSPS) is 13.9. The van der Waals surface area contributed by atoms with Crippen LogP contribution < -0.4 is 5.32 Å². The van der Waals surface area contributed by atoms with E-state index in [1.54, 1.807) is 18.2 Å². The largest absolute Gasteiger partial charge is 0.461 e. The van der Waals surface area contributed by atoms with Gasteiger partial charge in [-0.15, -0.1) is 0 Å². The molecule has 0 aromatic heterocycles. The highest BCUT2D eigenvalue weighted by molar-refractivity contribution is 6.53. The predicted molar refractivity (Wildman–Crippen MR) is 108 cm³/mol. The second-order valence-electron chi connectivity index (χ2n) is 6.15. The van der Waals surface area contributed by atoms with Gasteiger partial charge in [-0.3, -0.25) is 14.9 Å². The number of aliphatic hydroxyl groups excluding tert-OH is 2. The van der Waals surface area contributed by atoms with Crippen LogP contribution in [0.1, 0.15) is 23.3 Å². The van der Waals surface area contributed by atoms with Crippen molar-refractivity contribution in [3.63, 3.8) is 0 Å². The summed E-state index contributed by atoms with van der Waals surface area (Å²) >= 11 is 11.0. The summed E-state index contributed by atoms with van der Waals surface area (Å²) in [7, 11) is 0. The van der Waals surface area contributed by atoms with Crippen LogP contribution in [0.15, 0.2) is 54.6 Å². The number of rotatable bonds is 9. The van der Waals surface area contributed by atoms with Gasteiger partial charge in [0.15, 0.2) is 10.9 Å². The maximum Gasteiger partial charge on any atom is 0.339 e. The number of ether oxygens (including phenoxy) is 1. The zero-order valence-electron chi connectivity index (χ0n) is 15.4. The lowest BCUT2D eigenvalue weighted by molar-refractivity contribution is -0.384. The molecular weight excluding hydrogens is 439 g/mol. The Balaban J connectivity index is 2.12. The summed E-state index contributed by atoms with van der Waals surface area (Å²) in [5.74, 6) is -1.84. The lowest BCUT2D eigenvalue weighted by atomic mass is 10.0. The van der Waals surface area contributed by atoms with Gasteiger partial charge in [-0.25, -0.2) is 4.79 Å². The minimum Gasteiger partial charge on any atom is -0.461 e. The maximum atomic E-state index is 12.2. The van der Waals surface area contributed by atoms with Gasteiger partial charge in [0.05, 0.1) is 11.0 Å². The summed E-state index contributed by atoms with van der Waals surface area (Å²) in [5.41, 5.74) is 0.331. The van der Waals surface area contributed by atoms with Crippen molar-refractivity contribution in [1.82, 2.24) is 5.32 Å². The molecule has 30 heavy (non-hydrogen) atoms. The average molecular weight is 457 g/mol. The monoisotopic (exact) mass is 456 g/mol. The fourth-order valence-electron chi connectivity index (χ4n) is 2.51. The van der Waals surface area contributed by atoms with Crippen molar-refractivity contribution in [2.24, 2.45) is 0 Å². The molecule has 160 valence electrons. The quantitative estimate of drug-likeness (QED) is 0.227. The number of carbonyl (C=O) groups is 2. The Morgan fingerprint density at radius 1 is 1.03 bits per heavy atom. The second-order valence-corrected chi connectivity index (χ2v) is 7.25. The molecule has 0 heterocycles. The highest BCUT2D eigenvalue weighted by Crippen LogP contribution is 2.22. The first kappa shape index (κ1) is 23.6. The molecule has 2 rings (SSSR count). The number of esters is 1. The number of amides is 1. The lowest BCUT2D eigenvalue weighted by Crippen LogP contribution is -2.45. The lowest BCUT2D eigenvalue weighted by Gasteiger charge is -2.25. The van der Waals surface area contributed by atoms with Gasteiger partial charge in [-0.05, 0) is 23.3 Å². The molecule has 0 saturated heterocycles. The summed E-state index contributed by atoms with van der Waals surface area (Å²) < 4.78 is 5.05. The van der Waals surface area contributed by atoms with Crippen molar-refractivity contribution in [2.75, 3.05) is 6.61 Å². The molecule has 0 aliphatic rings. The van der Waals surface area contributed by atoms with E-state index < -0.39 is 46.5 Å². The van der Waals surface area contributed by atoms with Gasteiger partial charge >= 0.3 is 5.97 Å². The van der Waals surface area contributed by atoms with E-state index in [1.807, 2.05) is 0 Å². The van der Waals surface area contributed by atoms with Gasteiger partial charge in [0.1, 0.15) is 12.7 Å². The molecule has 3 N–H and O–H groups in total. The molecule has 0 bridgehead atoms. The van der Waals surface area contributed by atoms with E-state index in [4.69, 9.17) is 27.9 Å². The number of hydrogen-bond acceptors (Lipinski definition) is 7. The SMILES string of the molecule is O=C(N[C@H](COC(=O)[C@H](O)c1ccccc1)[C@H](O)c1ccc([N+](=O)[O-])cc1)C(Cl)Cl. The van der Waals surface area contributed by atoms with E-state index in [9.17, 15) is 29.9 Å². The predicted octanol–water partition coefficient (Wildman–Crippen LogP) is 2.19. The third-order valence-corrected chi connectivity index (χ3v) is 4.49. The number of nitro benzene ring substituents is 1. The number of alkyl halides is 2. The number of halogens is 2. The number of hydrogen-bond donors (Lipinski definition) is 3. The van der Waals surface area contributed by atoms with E-state index >= 15 is 0 Å². The van der Waals surface area contributed by atoms with E-state index in [2.05, 4.69) is 5.32 Å². The molecule has 11 heteroatoms. The number of benzene rings is 2. The maximum absolute atomic E-state index is 12.2. The van der Waals surface area contributed by atoms with Gasteiger partial charge in [0.25, 0.3) is 11.6 Å². The summed E-state index contributed by atoms with van der Waals surface area (Å²) in [5, 5.41) is 33.8. The molecule has 9 nitrogen and oxygen atoms in total. The molecular formula is C19H18Cl2N2O7. The third-order valence-electron chi connectivity index (χ3n) is 4.10. The molecule has 2 aromatic carbocycles. The summed E-state index contributed by atoms with van der Waals surface area (Å²) in [6.07, 6.45) is -2.98. The Morgan fingerprint density at radius 2 is 1.63 bits per heavy atom. The van der Waals surface area contributed by atoms with Gasteiger partial charge in [-0.1, -0.05) is 53.5 Å². The van der Waals surface area contributed by atoms with Crippen molar-refractivity contribution in [1.29, 1.82) is 0 Å². The number of nitrogens with one attached hydrogen (secondary N) is 1.